The van der Waals surface area contributed by atoms with Crippen LogP contribution in [0.4, 0.5) is 18.9 Å². The van der Waals surface area contributed by atoms with Gasteiger partial charge in [-0.2, -0.15) is 13.2 Å². The van der Waals surface area contributed by atoms with Gasteiger partial charge in [-0.15, -0.1) is 0 Å². The van der Waals surface area contributed by atoms with Gasteiger partial charge >= 0.3 is 12.1 Å². The van der Waals surface area contributed by atoms with Gasteiger partial charge in [0.05, 0.1) is 0 Å². The highest BCUT2D eigenvalue weighted by molar-refractivity contribution is 6.12. The van der Waals surface area contributed by atoms with Crippen molar-refractivity contribution in [1.29, 1.82) is 0 Å². The first-order valence-electron chi connectivity index (χ1n) is 6.46. The zero-order valence-electron chi connectivity index (χ0n) is 11.8. The van der Waals surface area contributed by atoms with Crippen molar-refractivity contribution in [3.8, 4) is 11.5 Å². The highest BCUT2D eigenvalue weighted by atomic mass is 19.4. The van der Waals surface area contributed by atoms with Crippen LogP contribution in [0.3, 0.4) is 0 Å². The lowest BCUT2D eigenvalue weighted by Gasteiger charge is -2.10. The molecule has 1 amide bonds. The van der Waals surface area contributed by atoms with E-state index in [9.17, 15) is 22.8 Å². The summed E-state index contributed by atoms with van der Waals surface area (Å²) in [6.45, 7) is 3.16. The number of ether oxygens (including phenoxy) is 2. The number of halogens is 3. The molecule has 0 bridgehead atoms. The predicted octanol–water partition coefficient (Wildman–Crippen LogP) is 1.80. The molecule has 0 aliphatic carbocycles. The molecule has 0 atom stereocenters. The Morgan fingerprint density at radius 2 is 1.87 bits per heavy atom. The van der Waals surface area contributed by atoms with Gasteiger partial charge < -0.3 is 20.5 Å². The Balaban J connectivity index is 1.98. The van der Waals surface area contributed by atoms with Gasteiger partial charge in [0.2, 0.25) is 6.79 Å². The lowest BCUT2D eigenvalue weighted by molar-refractivity contribution is -0.173. The molecule has 0 radical (unpaired) electrons. The fraction of sp³-hybridized carbons (Fsp3) is 0.286. The Bertz CT molecular complexity index is 671. The number of fused-ring (bicyclic) bond motifs is 1. The van der Waals surface area contributed by atoms with Gasteiger partial charge in [0.15, 0.2) is 17.3 Å². The van der Waals surface area contributed by atoms with Gasteiger partial charge in [-0.25, -0.2) is 0 Å². The molecule has 1 aromatic rings. The summed E-state index contributed by atoms with van der Waals surface area (Å²) in [5, 5.41) is 1.66. The number of anilines is 1. The SMILES string of the molecule is C=C(CCNC(=O)C(F)(F)F)C(=O)c1cc2c(cc1N)OCO2. The molecule has 0 unspecified atom stereocenters. The number of alkyl halides is 3. The molecule has 0 spiro atoms. The van der Waals surface area contributed by atoms with Crippen LogP contribution >= 0.6 is 0 Å². The molecule has 1 aliphatic heterocycles. The molecule has 0 fully saturated rings. The van der Waals surface area contributed by atoms with Crippen molar-refractivity contribution in [2.24, 2.45) is 0 Å². The fourth-order valence-corrected chi connectivity index (χ4v) is 1.89. The Hall–Kier alpha value is -2.71. The van der Waals surface area contributed by atoms with E-state index in [4.69, 9.17) is 15.2 Å². The molecule has 23 heavy (non-hydrogen) atoms. The standard InChI is InChI=1S/C14H13F3N2O4/c1-7(2-3-19-13(21)14(15,16)17)12(20)8-4-10-11(5-9(8)18)23-6-22-10/h4-5H,1-3,6,18H2,(H,19,21). The van der Waals surface area contributed by atoms with Gasteiger partial charge in [-0.3, -0.25) is 9.59 Å². The normalized spacial score (nSPS) is 12.8. The zero-order chi connectivity index (χ0) is 17.2. The highest BCUT2D eigenvalue weighted by Gasteiger charge is 2.38. The molecule has 0 saturated heterocycles. The largest absolute Gasteiger partial charge is 0.471 e. The summed E-state index contributed by atoms with van der Waals surface area (Å²) >= 11 is 0. The number of nitrogens with one attached hydrogen (secondary N) is 1. The summed E-state index contributed by atoms with van der Waals surface area (Å²) in [5.41, 5.74) is 6.01. The number of nitrogens with two attached hydrogens (primary N) is 1. The van der Waals surface area contributed by atoms with Crippen molar-refractivity contribution in [3.63, 3.8) is 0 Å². The number of nitrogen functional groups attached to an aromatic ring is 1. The van der Waals surface area contributed by atoms with Crippen molar-refractivity contribution in [1.82, 2.24) is 5.32 Å². The lowest BCUT2D eigenvalue weighted by Crippen LogP contribution is -2.37. The summed E-state index contributed by atoms with van der Waals surface area (Å²) in [4.78, 5) is 22.9. The van der Waals surface area contributed by atoms with E-state index >= 15 is 0 Å². The molecular formula is C14H13F3N2O4. The first kappa shape index (κ1) is 16.7. The number of carbonyl (C=O) groups is 2. The molecule has 0 aromatic heterocycles. The average molecular weight is 330 g/mol. The van der Waals surface area contributed by atoms with E-state index in [2.05, 4.69) is 6.58 Å². The zero-order valence-corrected chi connectivity index (χ0v) is 11.8. The topological polar surface area (TPSA) is 90.7 Å². The second kappa shape index (κ2) is 6.19. The van der Waals surface area contributed by atoms with Crippen LogP contribution in [0.15, 0.2) is 24.3 Å². The van der Waals surface area contributed by atoms with Gasteiger partial charge in [-0.05, 0) is 18.1 Å². The number of rotatable bonds is 5. The monoisotopic (exact) mass is 330 g/mol. The Labute approximate surface area is 129 Å². The minimum Gasteiger partial charge on any atom is -0.454 e. The minimum atomic E-state index is -4.97. The smallest absolute Gasteiger partial charge is 0.454 e. The first-order chi connectivity index (χ1) is 10.7. The Morgan fingerprint density at radius 3 is 2.48 bits per heavy atom. The number of Topliss-reactive ketones (excluding diaryl/α,β-unsaturated/α-hetero) is 1. The number of amides is 1. The number of ketones is 1. The van der Waals surface area contributed by atoms with E-state index in [1.807, 2.05) is 0 Å². The van der Waals surface area contributed by atoms with Crippen LogP contribution in [0.2, 0.25) is 0 Å². The van der Waals surface area contributed by atoms with Crippen molar-refractivity contribution in [2.45, 2.75) is 12.6 Å². The molecule has 124 valence electrons. The maximum atomic E-state index is 12.2. The molecule has 1 heterocycles. The predicted molar refractivity (Wildman–Crippen MR) is 74.1 cm³/mol. The maximum Gasteiger partial charge on any atom is 0.471 e. The van der Waals surface area contributed by atoms with E-state index in [0.29, 0.717) is 11.5 Å². The molecule has 9 heteroatoms. The summed E-state index contributed by atoms with van der Waals surface area (Å²) in [6, 6.07) is 2.81. The van der Waals surface area contributed by atoms with Crippen LogP contribution in [0, 0.1) is 0 Å². The number of hydrogen-bond donors (Lipinski definition) is 2. The van der Waals surface area contributed by atoms with Crippen LogP contribution < -0.4 is 20.5 Å². The van der Waals surface area contributed by atoms with Crippen LogP contribution in [-0.4, -0.2) is 31.2 Å². The quantitative estimate of drug-likeness (QED) is 0.488. The summed E-state index contributed by atoms with van der Waals surface area (Å²) in [6.07, 6.45) is -5.11. The van der Waals surface area contributed by atoms with Crippen LogP contribution in [0.5, 0.6) is 11.5 Å². The molecule has 3 N–H and O–H groups in total. The van der Waals surface area contributed by atoms with Gasteiger partial charge in [0, 0.05) is 23.9 Å². The van der Waals surface area contributed by atoms with Crippen molar-refractivity contribution in [3.05, 3.63) is 29.8 Å². The second-order valence-corrected chi connectivity index (χ2v) is 4.73. The first-order valence-corrected chi connectivity index (χ1v) is 6.46. The molecule has 0 saturated carbocycles. The van der Waals surface area contributed by atoms with Crippen molar-refractivity contribution < 1.29 is 32.2 Å². The molecule has 6 nitrogen and oxygen atoms in total. The molecule has 1 aromatic carbocycles. The van der Waals surface area contributed by atoms with Crippen molar-refractivity contribution in [2.75, 3.05) is 19.1 Å². The molecule has 1 aliphatic rings. The third kappa shape index (κ3) is 3.74. The van der Waals surface area contributed by atoms with Crippen LogP contribution in [0.25, 0.3) is 0 Å². The van der Waals surface area contributed by atoms with Crippen molar-refractivity contribution >= 4 is 17.4 Å². The second-order valence-electron chi connectivity index (χ2n) is 4.73. The summed E-state index contributed by atoms with van der Waals surface area (Å²) in [5.74, 6) is -1.86. The minimum absolute atomic E-state index is 0.0108. The third-order valence-corrected chi connectivity index (χ3v) is 3.08. The molecular weight excluding hydrogens is 317 g/mol. The average Bonchev–Trinajstić information content (AvgIpc) is 2.91. The van der Waals surface area contributed by atoms with E-state index < -0.39 is 17.9 Å². The third-order valence-electron chi connectivity index (χ3n) is 3.08. The number of hydrogen-bond acceptors (Lipinski definition) is 5. The van der Waals surface area contributed by atoms with Crippen LogP contribution in [0.1, 0.15) is 16.8 Å². The van der Waals surface area contributed by atoms with E-state index in [-0.39, 0.29) is 36.6 Å². The van der Waals surface area contributed by atoms with Gasteiger partial charge in [0.25, 0.3) is 0 Å². The fourth-order valence-electron chi connectivity index (χ4n) is 1.89. The van der Waals surface area contributed by atoms with E-state index in [1.54, 1.807) is 5.32 Å². The van der Waals surface area contributed by atoms with E-state index in [1.165, 1.54) is 12.1 Å². The number of benzene rings is 1. The Kier molecular flexibility index (Phi) is 4.48. The highest BCUT2D eigenvalue weighted by Crippen LogP contribution is 2.36. The van der Waals surface area contributed by atoms with Gasteiger partial charge in [-0.1, -0.05) is 6.58 Å². The maximum absolute atomic E-state index is 12.2. The van der Waals surface area contributed by atoms with Gasteiger partial charge in [0.1, 0.15) is 0 Å². The summed E-state index contributed by atoms with van der Waals surface area (Å²) in [7, 11) is 0. The van der Waals surface area contributed by atoms with E-state index in [0.717, 1.165) is 0 Å². The molecule has 2 rings (SSSR count). The van der Waals surface area contributed by atoms with Crippen LogP contribution in [-0.2, 0) is 4.79 Å². The Morgan fingerprint density at radius 1 is 1.26 bits per heavy atom. The summed E-state index contributed by atoms with van der Waals surface area (Å²) < 4.78 is 46.3. The number of carbonyl (C=O) groups excluding carboxylic acids is 2. The lowest BCUT2D eigenvalue weighted by atomic mass is 10.00.